The summed E-state index contributed by atoms with van der Waals surface area (Å²) < 4.78 is 5.21. The molecule has 0 radical (unpaired) electrons. The lowest BCUT2D eigenvalue weighted by molar-refractivity contribution is -0.116. The van der Waals surface area contributed by atoms with E-state index in [4.69, 9.17) is 4.74 Å². The highest BCUT2D eigenvalue weighted by Crippen LogP contribution is 2.26. The molecular formula is C22H21NO2S. The predicted octanol–water partition coefficient (Wildman–Crippen LogP) is 4.98. The van der Waals surface area contributed by atoms with Crippen LogP contribution in [-0.2, 0) is 4.79 Å². The molecule has 3 aromatic rings. The fourth-order valence-electron chi connectivity index (χ4n) is 2.64. The third kappa shape index (κ3) is 4.61. The molecule has 0 saturated heterocycles. The quantitative estimate of drug-likeness (QED) is 0.627. The molecule has 132 valence electrons. The van der Waals surface area contributed by atoms with E-state index in [1.807, 2.05) is 41.8 Å². The van der Waals surface area contributed by atoms with Gasteiger partial charge in [0, 0.05) is 11.0 Å². The first-order valence-electron chi connectivity index (χ1n) is 8.38. The van der Waals surface area contributed by atoms with Crippen LogP contribution in [0.15, 0.2) is 72.1 Å². The molecule has 0 aliphatic carbocycles. The van der Waals surface area contributed by atoms with Crippen molar-refractivity contribution in [2.45, 2.75) is 13.0 Å². The second-order valence-corrected chi connectivity index (χ2v) is 6.96. The van der Waals surface area contributed by atoms with Crippen LogP contribution in [0.4, 0.5) is 0 Å². The Morgan fingerprint density at radius 1 is 1.12 bits per heavy atom. The SMILES string of the molecule is COc1cccc(/C=C/C(=O)N[C@@H](c2ccc(C)cc2)c2cccs2)c1. The summed E-state index contributed by atoms with van der Waals surface area (Å²) in [5, 5.41) is 5.13. The summed E-state index contributed by atoms with van der Waals surface area (Å²) in [6, 6.07) is 19.7. The van der Waals surface area contributed by atoms with Gasteiger partial charge in [-0.2, -0.15) is 0 Å². The number of carbonyl (C=O) groups is 1. The fraction of sp³-hybridized carbons (Fsp3) is 0.136. The zero-order chi connectivity index (χ0) is 18.4. The molecule has 1 atom stereocenters. The van der Waals surface area contributed by atoms with Crippen LogP contribution >= 0.6 is 11.3 Å². The molecule has 0 bridgehead atoms. The molecule has 3 rings (SSSR count). The molecule has 1 heterocycles. The van der Waals surface area contributed by atoms with Gasteiger partial charge in [0.15, 0.2) is 0 Å². The average Bonchev–Trinajstić information content (AvgIpc) is 3.20. The number of amides is 1. The largest absolute Gasteiger partial charge is 0.497 e. The molecule has 0 aliphatic rings. The molecule has 2 aromatic carbocycles. The first-order chi connectivity index (χ1) is 12.7. The van der Waals surface area contributed by atoms with Gasteiger partial charge in [-0.3, -0.25) is 4.79 Å². The van der Waals surface area contributed by atoms with Crippen LogP contribution in [0.25, 0.3) is 6.08 Å². The Kier molecular flexibility index (Phi) is 5.87. The van der Waals surface area contributed by atoms with Gasteiger partial charge in [0.05, 0.1) is 13.2 Å². The minimum absolute atomic E-state index is 0.133. The van der Waals surface area contributed by atoms with Gasteiger partial charge >= 0.3 is 0 Å². The number of benzene rings is 2. The Morgan fingerprint density at radius 3 is 2.62 bits per heavy atom. The number of carbonyl (C=O) groups excluding carboxylic acids is 1. The maximum Gasteiger partial charge on any atom is 0.244 e. The zero-order valence-corrected chi connectivity index (χ0v) is 15.6. The topological polar surface area (TPSA) is 38.3 Å². The first kappa shape index (κ1) is 18.0. The highest BCUT2D eigenvalue weighted by atomic mass is 32.1. The van der Waals surface area contributed by atoms with Crippen molar-refractivity contribution in [3.63, 3.8) is 0 Å². The lowest BCUT2D eigenvalue weighted by Gasteiger charge is -2.17. The van der Waals surface area contributed by atoms with Gasteiger partial charge in [-0.05, 0) is 47.7 Å². The van der Waals surface area contributed by atoms with Crippen molar-refractivity contribution in [2.24, 2.45) is 0 Å². The van der Waals surface area contributed by atoms with Crippen molar-refractivity contribution in [1.29, 1.82) is 0 Å². The zero-order valence-electron chi connectivity index (χ0n) is 14.8. The summed E-state index contributed by atoms with van der Waals surface area (Å²) in [5.41, 5.74) is 3.19. The van der Waals surface area contributed by atoms with E-state index in [1.54, 1.807) is 30.6 Å². The van der Waals surface area contributed by atoms with Gasteiger partial charge < -0.3 is 10.1 Å². The molecule has 0 spiro atoms. The van der Waals surface area contributed by atoms with E-state index in [0.29, 0.717) is 0 Å². The maximum atomic E-state index is 12.5. The second-order valence-electron chi connectivity index (χ2n) is 5.98. The van der Waals surface area contributed by atoms with Gasteiger partial charge in [0.2, 0.25) is 5.91 Å². The highest BCUT2D eigenvalue weighted by Gasteiger charge is 2.16. The van der Waals surface area contributed by atoms with Crippen LogP contribution < -0.4 is 10.1 Å². The van der Waals surface area contributed by atoms with Crippen LogP contribution in [0.5, 0.6) is 5.75 Å². The number of aryl methyl sites for hydroxylation is 1. The van der Waals surface area contributed by atoms with Crippen LogP contribution in [0, 0.1) is 6.92 Å². The summed E-state index contributed by atoms with van der Waals surface area (Å²) in [6.07, 6.45) is 3.35. The molecule has 0 aliphatic heterocycles. The van der Waals surface area contributed by atoms with Crippen molar-refractivity contribution in [2.75, 3.05) is 7.11 Å². The molecular weight excluding hydrogens is 342 g/mol. The Morgan fingerprint density at radius 2 is 1.92 bits per heavy atom. The monoisotopic (exact) mass is 363 g/mol. The molecule has 4 heteroatoms. The smallest absolute Gasteiger partial charge is 0.244 e. The average molecular weight is 363 g/mol. The lowest BCUT2D eigenvalue weighted by atomic mass is 10.0. The summed E-state index contributed by atoms with van der Waals surface area (Å²) in [5.74, 6) is 0.635. The molecule has 1 aromatic heterocycles. The lowest BCUT2D eigenvalue weighted by Crippen LogP contribution is -2.27. The van der Waals surface area contributed by atoms with E-state index < -0.39 is 0 Å². The van der Waals surface area contributed by atoms with Crippen molar-refractivity contribution in [3.8, 4) is 5.75 Å². The first-order valence-corrected chi connectivity index (χ1v) is 9.26. The van der Waals surface area contributed by atoms with E-state index in [2.05, 4.69) is 36.5 Å². The van der Waals surface area contributed by atoms with Gasteiger partial charge in [-0.1, -0.05) is 48.0 Å². The van der Waals surface area contributed by atoms with Crippen LogP contribution in [0.1, 0.15) is 27.6 Å². The number of nitrogens with one attached hydrogen (secondary N) is 1. The Hall–Kier alpha value is -2.85. The Balaban J connectivity index is 1.77. The van der Waals surface area contributed by atoms with E-state index in [9.17, 15) is 4.79 Å². The number of thiophene rings is 1. The van der Waals surface area contributed by atoms with Crippen molar-refractivity contribution >= 4 is 23.3 Å². The molecule has 1 N–H and O–H groups in total. The normalized spacial score (nSPS) is 12.1. The van der Waals surface area contributed by atoms with Crippen molar-refractivity contribution in [1.82, 2.24) is 5.32 Å². The molecule has 0 fully saturated rings. The van der Waals surface area contributed by atoms with Gasteiger partial charge in [-0.25, -0.2) is 0 Å². The van der Waals surface area contributed by atoms with Gasteiger partial charge in [0.1, 0.15) is 5.75 Å². The standard InChI is InChI=1S/C22H21NO2S/c1-16-8-11-18(12-9-16)22(20-7-4-14-26-20)23-21(24)13-10-17-5-3-6-19(15-17)25-2/h3-15,22H,1-2H3,(H,23,24)/b13-10+/t22-/m0/s1. The Bertz CT molecular complexity index is 883. The summed E-state index contributed by atoms with van der Waals surface area (Å²) in [6.45, 7) is 2.05. The van der Waals surface area contributed by atoms with Crippen LogP contribution in [0.2, 0.25) is 0 Å². The highest BCUT2D eigenvalue weighted by molar-refractivity contribution is 7.10. The van der Waals surface area contributed by atoms with Crippen molar-refractivity contribution < 1.29 is 9.53 Å². The molecule has 0 unspecified atom stereocenters. The maximum absolute atomic E-state index is 12.5. The second kappa shape index (κ2) is 8.50. The number of hydrogen-bond acceptors (Lipinski definition) is 3. The number of hydrogen-bond donors (Lipinski definition) is 1. The van der Waals surface area contributed by atoms with E-state index >= 15 is 0 Å². The molecule has 0 saturated carbocycles. The minimum Gasteiger partial charge on any atom is -0.497 e. The molecule has 1 amide bonds. The minimum atomic E-state index is -0.155. The summed E-state index contributed by atoms with van der Waals surface area (Å²) in [4.78, 5) is 13.6. The molecule has 26 heavy (non-hydrogen) atoms. The van der Waals surface area contributed by atoms with Crippen LogP contribution in [0.3, 0.4) is 0 Å². The number of rotatable bonds is 6. The third-order valence-electron chi connectivity index (χ3n) is 4.05. The fourth-order valence-corrected chi connectivity index (χ4v) is 3.44. The number of methoxy groups -OCH3 is 1. The van der Waals surface area contributed by atoms with Crippen molar-refractivity contribution in [3.05, 3.63) is 93.7 Å². The van der Waals surface area contributed by atoms with Gasteiger partial charge in [0.25, 0.3) is 0 Å². The van der Waals surface area contributed by atoms with E-state index in [0.717, 1.165) is 21.8 Å². The van der Waals surface area contributed by atoms with E-state index in [-0.39, 0.29) is 11.9 Å². The molecule has 3 nitrogen and oxygen atoms in total. The predicted molar refractivity (Wildman–Crippen MR) is 108 cm³/mol. The Labute approximate surface area is 158 Å². The number of ether oxygens (including phenoxy) is 1. The third-order valence-corrected chi connectivity index (χ3v) is 4.98. The van der Waals surface area contributed by atoms with E-state index in [1.165, 1.54) is 5.56 Å². The van der Waals surface area contributed by atoms with Crippen LogP contribution in [-0.4, -0.2) is 13.0 Å². The summed E-state index contributed by atoms with van der Waals surface area (Å²) in [7, 11) is 1.63. The summed E-state index contributed by atoms with van der Waals surface area (Å²) >= 11 is 1.64. The van der Waals surface area contributed by atoms with Gasteiger partial charge in [-0.15, -0.1) is 11.3 Å².